The highest BCUT2D eigenvalue weighted by molar-refractivity contribution is 5.49. The minimum Gasteiger partial charge on any atom is -0.340 e. The van der Waals surface area contributed by atoms with Crippen molar-refractivity contribution >= 4 is 17.7 Å². The molecule has 3 aromatic heterocycles. The number of nitrogens with one attached hydrogen (secondary N) is 1. The van der Waals surface area contributed by atoms with Gasteiger partial charge < -0.3 is 10.2 Å². The van der Waals surface area contributed by atoms with Crippen molar-refractivity contribution in [2.45, 2.75) is 33.1 Å². The molecule has 8 nitrogen and oxygen atoms in total. The molecule has 3 aromatic rings. The predicted octanol–water partition coefficient (Wildman–Crippen LogP) is 2.72. The Morgan fingerprint density at radius 1 is 0.926 bits per heavy atom. The smallest absolute Gasteiger partial charge is 0.228 e. The van der Waals surface area contributed by atoms with Gasteiger partial charge >= 0.3 is 0 Å². The summed E-state index contributed by atoms with van der Waals surface area (Å²) in [6, 6.07) is 5.69. The van der Waals surface area contributed by atoms with E-state index in [1.165, 1.54) is 0 Å². The van der Waals surface area contributed by atoms with Gasteiger partial charge in [-0.1, -0.05) is 0 Å². The van der Waals surface area contributed by atoms with E-state index in [9.17, 15) is 0 Å². The summed E-state index contributed by atoms with van der Waals surface area (Å²) in [4.78, 5) is 29.1. The largest absolute Gasteiger partial charge is 0.340 e. The van der Waals surface area contributed by atoms with Gasteiger partial charge in [-0.25, -0.2) is 29.9 Å². The van der Waals surface area contributed by atoms with Gasteiger partial charge in [-0.15, -0.1) is 0 Å². The number of nitrogens with zero attached hydrogens (tertiary/aromatic N) is 7. The molecule has 1 atom stereocenters. The maximum absolute atomic E-state index is 4.73. The number of hydrogen-bond acceptors (Lipinski definition) is 8. The lowest BCUT2D eigenvalue weighted by atomic mass is 10.1. The fourth-order valence-electron chi connectivity index (χ4n) is 3.34. The van der Waals surface area contributed by atoms with Crippen LogP contribution >= 0.6 is 0 Å². The van der Waals surface area contributed by atoms with Crippen LogP contribution in [0.15, 0.2) is 30.6 Å². The minimum absolute atomic E-state index is 0.245. The van der Waals surface area contributed by atoms with Gasteiger partial charge in [0, 0.05) is 54.5 Å². The van der Waals surface area contributed by atoms with Crippen molar-refractivity contribution in [1.29, 1.82) is 0 Å². The average Bonchev–Trinajstić information content (AvgIpc) is 3.11. The van der Waals surface area contributed by atoms with Gasteiger partial charge in [0.1, 0.15) is 11.6 Å². The van der Waals surface area contributed by atoms with Crippen LogP contribution in [-0.2, 0) is 0 Å². The fourth-order valence-corrected chi connectivity index (χ4v) is 3.34. The molecular formula is C19H22N8. The molecule has 0 aliphatic carbocycles. The molecule has 0 unspecified atom stereocenters. The first kappa shape index (κ1) is 17.3. The first-order chi connectivity index (χ1) is 13.1. The van der Waals surface area contributed by atoms with Crippen LogP contribution in [0, 0.1) is 20.8 Å². The van der Waals surface area contributed by atoms with Gasteiger partial charge in [-0.2, -0.15) is 0 Å². The fraction of sp³-hybridized carbons (Fsp3) is 0.368. The van der Waals surface area contributed by atoms with Crippen molar-refractivity contribution in [3.8, 4) is 0 Å². The second-order valence-corrected chi connectivity index (χ2v) is 6.83. The Kier molecular flexibility index (Phi) is 4.62. The number of hydrogen-bond donors (Lipinski definition) is 1. The molecule has 1 N–H and O–H groups in total. The highest BCUT2D eigenvalue weighted by atomic mass is 15.3. The summed E-state index contributed by atoms with van der Waals surface area (Å²) in [6.45, 7) is 7.60. The molecule has 0 radical (unpaired) electrons. The maximum atomic E-state index is 4.73. The Bertz CT molecular complexity index is 923. The summed E-state index contributed by atoms with van der Waals surface area (Å²) in [5.41, 5.74) is 2.76. The Morgan fingerprint density at radius 2 is 1.63 bits per heavy atom. The van der Waals surface area contributed by atoms with Gasteiger partial charge in [-0.3, -0.25) is 0 Å². The van der Waals surface area contributed by atoms with E-state index in [2.05, 4.69) is 35.1 Å². The summed E-state index contributed by atoms with van der Waals surface area (Å²) in [5, 5.41) is 3.22. The highest BCUT2D eigenvalue weighted by Crippen LogP contribution is 2.28. The quantitative estimate of drug-likeness (QED) is 0.757. The van der Waals surface area contributed by atoms with Gasteiger partial charge in [0.15, 0.2) is 0 Å². The van der Waals surface area contributed by atoms with Crippen LogP contribution in [0.2, 0.25) is 0 Å². The molecule has 8 heteroatoms. The molecule has 0 spiro atoms. The molecule has 138 valence electrons. The Balaban J connectivity index is 1.54. The molecule has 27 heavy (non-hydrogen) atoms. The van der Waals surface area contributed by atoms with Crippen molar-refractivity contribution < 1.29 is 0 Å². The normalized spacial score (nSPS) is 16.6. The molecule has 0 saturated carbocycles. The molecule has 4 heterocycles. The van der Waals surface area contributed by atoms with Crippen molar-refractivity contribution in [3.63, 3.8) is 0 Å². The van der Waals surface area contributed by atoms with Crippen LogP contribution < -0.4 is 10.2 Å². The molecule has 1 aliphatic rings. The summed E-state index contributed by atoms with van der Waals surface area (Å²) in [7, 11) is 0. The molecule has 4 rings (SSSR count). The SMILES string of the molecule is Cc1cc(C)nc(Nc2cc(C)nc([C@@H]3CCN(c4ncccn4)C3)n2)n1. The second kappa shape index (κ2) is 7.22. The molecule has 0 amide bonds. The van der Waals surface area contributed by atoms with E-state index < -0.39 is 0 Å². The summed E-state index contributed by atoms with van der Waals surface area (Å²) in [5.74, 6) is 3.11. The standard InChI is InChI=1S/C19H22N8/c1-12-9-13(2)24-18(23-12)26-16-10-14(3)22-17(25-16)15-5-8-27(11-15)19-20-6-4-7-21-19/h4,6-7,9-10,15H,5,8,11H2,1-3H3,(H,22,23,24,25,26)/t15-/m1/s1. The van der Waals surface area contributed by atoms with Gasteiger partial charge in [-0.05, 0) is 39.3 Å². The minimum atomic E-state index is 0.245. The third-order valence-corrected chi connectivity index (χ3v) is 4.48. The first-order valence-electron chi connectivity index (χ1n) is 9.04. The number of aryl methyl sites for hydroxylation is 3. The topological polar surface area (TPSA) is 92.6 Å². The van der Waals surface area contributed by atoms with Crippen LogP contribution in [0.1, 0.15) is 35.2 Å². The lowest BCUT2D eigenvalue weighted by molar-refractivity contribution is 0.704. The number of aromatic nitrogens is 6. The third-order valence-electron chi connectivity index (χ3n) is 4.48. The monoisotopic (exact) mass is 362 g/mol. The van der Waals surface area contributed by atoms with Gasteiger partial charge in [0.2, 0.25) is 11.9 Å². The van der Waals surface area contributed by atoms with Crippen LogP contribution in [0.4, 0.5) is 17.7 Å². The van der Waals surface area contributed by atoms with E-state index in [-0.39, 0.29) is 5.92 Å². The van der Waals surface area contributed by atoms with Crippen LogP contribution in [0.25, 0.3) is 0 Å². The molecule has 0 bridgehead atoms. The van der Waals surface area contributed by atoms with Gasteiger partial charge in [0.25, 0.3) is 0 Å². The second-order valence-electron chi connectivity index (χ2n) is 6.83. The molecule has 1 fully saturated rings. The zero-order valence-corrected chi connectivity index (χ0v) is 15.7. The molecule has 0 aromatic carbocycles. The predicted molar refractivity (Wildman–Crippen MR) is 103 cm³/mol. The Labute approximate surface area is 158 Å². The number of anilines is 3. The summed E-state index contributed by atoms with van der Waals surface area (Å²) < 4.78 is 0. The summed E-state index contributed by atoms with van der Waals surface area (Å²) >= 11 is 0. The molecule has 1 aliphatic heterocycles. The third kappa shape index (κ3) is 3.99. The van der Waals surface area contributed by atoms with Crippen LogP contribution in [0.5, 0.6) is 0 Å². The van der Waals surface area contributed by atoms with E-state index in [4.69, 9.17) is 4.98 Å². The van der Waals surface area contributed by atoms with Crippen molar-refractivity contribution in [3.05, 3.63) is 53.5 Å². The Hall–Kier alpha value is -3.16. The van der Waals surface area contributed by atoms with Crippen LogP contribution in [0.3, 0.4) is 0 Å². The maximum Gasteiger partial charge on any atom is 0.228 e. The van der Waals surface area contributed by atoms with Gasteiger partial charge in [0.05, 0.1) is 0 Å². The van der Waals surface area contributed by atoms with Crippen LogP contribution in [-0.4, -0.2) is 43.0 Å². The summed E-state index contributed by atoms with van der Waals surface area (Å²) in [6.07, 6.45) is 4.51. The molecular weight excluding hydrogens is 340 g/mol. The zero-order valence-electron chi connectivity index (χ0n) is 15.7. The van der Waals surface area contributed by atoms with E-state index in [1.54, 1.807) is 12.4 Å². The first-order valence-corrected chi connectivity index (χ1v) is 9.04. The Morgan fingerprint density at radius 3 is 2.37 bits per heavy atom. The highest BCUT2D eigenvalue weighted by Gasteiger charge is 2.28. The van der Waals surface area contributed by atoms with Crippen molar-refractivity contribution in [1.82, 2.24) is 29.9 Å². The van der Waals surface area contributed by atoms with Crippen molar-refractivity contribution in [2.75, 3.05) is 23.3 Å². The van der Waals surface area contributed by atoms with Crippen molar-refractivity contribution in [2.24, 2.45) is 0 Å². The van der Waals surface area contributed by atoms with E-state index in [1.807, 2.05) is 39.0 Å². The van der Waals surface area contributed by atoms with E-state index in [0.717, 1.165) is 54.2 Å². The lowest BCUT2D eigenvalue weighted by Gasteiger charge is -2.16. The van der Waals surface area contributed by atoms with E-state index in [0.29, 0.717) is 5.95 Å². The molecule has 1 saturated heterocycles. The lowest BCUT2D eigenvalue weighted by Crippen LogP contribution is -2.22. The van der Waals surface area contributed by atoms with E-state index >= 15 is 0 Å². The number of rotatable bonds is 4. The average molecular weight is 362 g/mol. The zero-order chi connectivity index (χ0) is 18.8.